The van der Waals surface area contributed by atoms with Gasteiger partial charge in [-0.15, -0.1) is 0 Å². The molecule has 1 aliphatic rings. The molecule has 2 aromatic carbocycles. The summed E-state index contributed by atoms with van der Waals surface area (Å²) >= 11 is 14.6. The Morgan fingerprint density at radius 3 is 2.57 bits per heavy atom. The van der Waals surface area contributed by atoms with Gasteiger partial charge in [0.25, 0.3) is 5.91 Å². The number of ether oxygens (including phenoxy) is 2. The zero-order chi connectivity index (χ0) is 20.3. The zero-order valence-corrected chi connectivity index (χ0v) is 18.5. The second-order valence-corrected chi connectivity index (χ2v) is 7.65. The van der Waals surface area contributed by atoms with Crippen molar-refractivity contribution in [2.24, 2.45) is 0 Å². The molecule has 0 saturated carbocycles. The number of nitrogens with zero attached hydrogens (tertiary/aromatic N) is 1. The van der Waals surface area contributed by atoms with Crippen LogP contribution in [0.5, 0.6) is 11.5 Å². The Labute approximate surface area is 182 Å². The maximum atomic E-state index is 12.4. The van der Waals surface area contributed by atoms with E-state index in [1.807, 2.05) is 37.3 Å². The van der Waals surface area contributed by atoms with Crippen LogP contribution in [0.2, 0.25) is 5.02 Å². The van der Waals surface area contributed by atoms with Crippen LogP contribution in [0.3, 0.4) is 0 Å². The van der Waals surface area contributed by atoms with Gasteiger partial charge >= 0.3 is 0 Å². The number of thiocarbonyl (C=S) groups is 1. The van der Waals surface area contributed by atoms with Gasteiger partial charge in [-0.25, -0.2) is 0 Å². The number of carbonyl (C=O) groups excluding carboxylic acids is 1. The fourth-order valence-electron chi connectivity index (χ4n) is 2.69. The predicted molar refractivity (Wildman–Crippen MR) is 118 cm³/mol. The maximum absolute atomic E-state index is 12.4. The third kappa shape index (κ3) is 4.48. The van der Waals surface area contributed by atoms with E-state index < -0.39 is 0 Å². The zero-order valence-electron chi connectivity index (χ0n) is 15.3. The van der Waals surface area contributed by atoms with E-state index in [0.717, 1.165) is 15.6 Å². The lowest BCUT2D eigenvalue weighted by molar-refractivity contribution is -0.122. The van der Waals surface area contributed by atoms with Crippen LogP contribution in [-0.4, -0.2) is 29.6 Å². The molecule has 0 aliphatic carbocycles. The smallest absolute Gasteiger partial charge is 0.276 e. The normalized spacial score (nSPS) is 15.1. The van der Waals surface area contributed by atoms with Crippen LogP contribution >= 0.6 is 39.7 Å². The molecule has 0 unspecified atom stereocenters. The molecule has 1 saturated heterocycles. The first-order chi connectivity index (χ1) is 13.4. The monoisotopic (exact) mass is 480 g/mol. The molecule has 0 spiro atoms. The van der Waals surface area contributed by atoms with Crippen molar-refractivity contribution in [1.29, 1.82) is 0 Å². The first kappa shape index (κ1) is 20.6. The molecule has 3 rings (SSSR count). The average Bonchev–Trinajstić information content (AvgIpc) is 2.95. The summed E-state index contributed by atoms with van der Waals surface area (Å²) in [6.45, 7) is 2.77. The Hall–Kier alpha value is -2.09. The molecule has 1 heterocycles. The van der Waals surface area contributed by atoms with Gasteiger partial charge in [-0.05, 0) is 60.6 Å². The number of rotatable bonds is 6. The largest absolute Gasteiger partial charge is 0.493 e. The topological polar surface area (TPSA) is 50.8 Å². The second kappa shape index (κ2) is 8.94. The summed E-state index contributed by atoms with van der Waals surface area (Å²) in [5.41, 5.74) is 2.18. The highest BCUT2D eigenvalue weighted by Gasteiger charge is 2.29. The van der Waals surface area contributed by atoms with Crippen LogP contribution in [0.25, 0.3) is 6.08 Å². The van der Waals surface area contributed by atoms with E-state index in [2.05, 4.69) is 21.2 Å². The van der Waals surface area contributed by atoms with Crippen LogP contribution in [0.4, 0.5) is 0 Å². The summed E-state index contributed by atoms with van der Waals surface area (Å²) in [4.78, 5) is 13.9. The lowest BCUT2D eigenvalue weighted by Gasteiger charge is -2.13. The molecule has 0 aromatic heterocycles. The molecule has 0 bridgehead atoms. The number of methoxy groups -OCH3 is 1. The lowest BCUT2D eigenvalue weighted by atomic mass is 10.1. The molecule has 1 N–H and O–H groups in total. The number of hydrogen-bond acceptors (Lipinski definition) is 4. The molecule has 1 aliphatic heterocycles. The van der Waals surface area contributed by atoms with Crippen LogP contribution in [0.1, 0.15) is 18.1 Å². The molecule has 0 radical (unpaired) electrons. The van der Waals surface area contributed by atoms with Crippen molar-refractivity contribution >= 4 is 56.8 Å². The number of nitrogens with one attached hydrogen (secondary N) is 1. The van der Waals surface area contributed by atoms with E-state index >= 15 is 0 Å². The maximum Gasteiger partial charge on any atom is 0.276 e. The first-order valence-electron chi connectivity index (χ1n) is 8.52. The Morgan fingerprint density at radius 1 is 1.25 bits per heavy atom. The van der Waals surface area contributed by atoms with E-state index in [1.54, 1.807) is 19.3 Å². The van der Waals surface area contributed by atoms with Crippen LogP contribution in [-0.2, 0) is 11.4 Å². The Bertz CT molecular complexity index is 947. The number of benzene rings is 2. The summed E-state index contributed by atoms with van der Waals surface area (Å²) in [5, 5.41) is 4.03. The summed E-state index contributed by atoms with van der Waals surface area (Å²) in [5.74, 6) is 0.994. The minimum atomic E-state index is -0.151. The predicted octanol–water partition coefficient (Wildman–Crippen LogP) is 4.77. The van der Waals surface area contributed by atoms with E-state index in [-0.39, 0.29) is 5.91 Å². The van der Waals surface area contributed by atoms with Crippen LogP contribution in [0, 0.1) is 0 Å². The molecule has 2 aromatic rings. The highest BCUT2D eigenvalue weighted by Crippen LogP contribution is 2.35. The first-order valence-corrected chi connectivity index (χ1v) is 10.1. The summed E-state index contributed by atoms with van der Waals surface area (Å²) in [6.07, 6.45) is 1.74. The molecule has 8 heteroatoms. The van der Waals surface area contributed by atoms with Crippen LogP contribution < -0.4 is 14.8 Å². The van der Waals surface area contributed by atoms with Crippen molar-refractivity contribution in [3.63, 3.8) is 0 Å². The summed E-state index contributed by atoms with van der Waals surface area (Å²) in [6, 6.07) is 11.1. The van der Waals surface area contributed by atoms with E-state index in [0.29, 0.717) is 40.5 Å². The third-order valence-corrected chi connectivity index (χ3v) is 5.43. The van der Waals surface area contributed by atoms with Crippen molar-refractivity contribution in [2.45, 2.75) is 13.5 Å². The van der Waals surface area contributed by atoms with Crippen molar-refractivity contribution in [3.05, 3.63) is 62.7 Å². The van der Waals surface area contributed by atoms with Gasteiger partial charge in [0.05, 0.1) is 7.11 Å². The van der Waals surface area contributed by atoms with Crippen molar-refractivity contribution in [1.82, 2.24) is 10.2 Å². The van der Waals surface area contributed by atoms with Gasteiger partial charge in [-0.1, -0.05) is 39.7 Å². The molecule has 1 amide bonds. The van der Waals surface area contributed by atoms with Gasteiger partial charge < -0.3 is 14.8 Å². The highest BCUT2D eigenvalue weighted by atomic mass is 79.9. The lowest BCUT2D eigenvalue weighted by Crippen LogP contribution is -2.30. The second-order valence-electron chi connectivity index (χ2n) is 5.98. The molecule has 0 atom stereocenters. The minimum Gasteiger partial charge on any atom is -0.493 e. The van der Waals surface area contributed by atoms with Gasteiger partial charge in [0.1, 0.15) is 12.3 Å². The van der Waals surface area contributed by atoms with Gasteiger partial charge in [-0.3, -0.25) is 9.69 Å². The van der Waals surface area contributed by atoms with E-state index in [1.165, 1.54) is 4.90 Å². The summed E-state index contributed by atoms with van der Waals surface area (Å²) < 4.78 is 12.1. The number of likely N-dealkylation sites (N-methyl/N-ethyl adjacent to an activating group) is 1. The quantitative estimate of drug-likeness (QED) is 0.476. The SMILES string of the molecule is CCN1C(=O)C(=Cc2cc(OC)c(OCc3ccc(Cl)cc3)cc2Br)NC1=S. The highest BCUT2D eigenvalue weighted by molar-refractivity contribution is 9.10. The molecule has 1 fully saturated rings. The molecule has 146 valence electrons. The number of hydrogen-bond donors (Lipinski definition) is 1. The Balaban J connectivity index is 1.83. The Kier molecular flexibility index (Phi) is 6.59. The van der Waals surface area contributed by atoms with Gasteiger partial charge in [-0.2, -0.15) is 0 Å². The van der Waals surface area contributed by atoms with Crippen molar-refractivity contribution < 1.29 is 14.3 Å². The molecule has 28 heavy (non-hydrogen) atoms. The fourth-order valence-corrected chi connectivity index (χ4v) is 3.57. The van der Waals surface area contributed by atoms with Gasteiger partial charge in [0.15, 0.2) is 16.6 Å². The molecular weight excluding hydrogens is 464 g/mol. The third-order valence-electron chi connectivity index (χ3n) is 4.17. The average molecular weight is 482 g/mol. The minimum absolute atomic E-state index is 0.151. The van der Waals surface area contributed by atoms with Crippen molar-refractivity contribution in [2.75, 3.05) is 13.7 Å². The van der Waals surface area contributed by atoms with E-state index in [9.17, 15) is 4.79 Å². The number of carbonyl (C=O) groups is 1. The van der Waals surface area contributed by atoms with Gasteiger partial charge in [0, 0.05) is 16.0 Å². The van der Waals surface area contributed by atoms with E-state index in [4.69, 9.17) is 33.3 Å². The standard InChI is InChI=1S/C20H18BrClN2O3S/c1-3-24-19(25)16(23-20(24)28)8-13-9-17(26-2)18(10-15(13)21)27-11-12-4-6-14(22)7-5-12/h4-10H,3,11H2,1-2H3,(H,23,28). The van der Waals surface area contributed by atoms with Gasteiger partial charge in [0.2, 0.25) is 0 Å². The number of halogens is 2. The fraction of sp³-hybridized carbons (Fsp3) is 0.200. The number of amides is 1. The summed E-state index contributed by atoms with van der Waals surface area (Å²) in [7, 11) is 1.57. The molecule has 5 nitrogen and oxygen atoms in total. The Morgan fingerprint density at radius 2 is 1.96 bits per heavy atom. The van der Waals surface area contributed by atoms with Crippen LogP contribution in [0.15, 0.2) is 46.6 Å². The molecular formula is C20H18BrClN2O3S. The van der Waals surface area contributed by atoms with Crippen molar-refractivity contribution in [3.8, 4) is 11.5 Å².